The van der Waals surface area contributed by atoms with Crippen LogP contribution in [-0.2, 0) is 11.3 Å². The lowest BCUT2D eigenvalue weighted by atomic mass is 10.2. The average molecular weight is 289 g/mol. The van der Waals surface area contributed by atoms with Gasteiger partial charge in [0.2, 0.25) is 5.91 Å². The second kappa shape index (κ2) is 6.94. The van der Waals surface area contributed by atoms with Gasteiger partial charge in [0.1, 0.15) is 5.52 Å². The van der Waals surface area contributed by atoms with Crippen molar-refractivity contribution in [3.63, 3.8) is 0 Å². The summed E-state index contributed by atoms with van der Waals surface area (Å²) in [5.74, 6) is 0.106. The van der Waals surface area contributed by atoms with Crippen LogP contribution < -0.4 is 16.6 Å². The number of benzene rings is 1. The predicted octanol–water partition coefficient (Wildman–Crippen LogP) is -0.107. The maximum atomic E-state index is 12.2. The third-order valence-corrected chi connectivity index (χ3v) is 3.23. The summed E-state index contributed by atoms with van der Waals surface area (Å²) in [5, 5.41) is 11.1. The quantitative estimate of drug-likeness (QED) is 0.772. The molecule has 7 nitrogen and oxygen atoms in total. The van der Waals surface area contributed by atoms with E-state index in [1.807, 2.05) is 6.92 Å². The molecule has 0 aliphatic rings. The Bertz CT molecular complexity index is 682. The molecule has 2 aromatic rings. The predicted molar refractivity (Wildman–Crippen MR) is 79.6 cm³/mol. The number of carbonyl (C=O) groups excluding carboxylic acids is 1. The van der Waals surface area contributed by atoms with E-state index in [1.54, 1.807) is 24.3 Å². The zero-order valence-electron chi connectivity index (χ0n) is 12.0. The van der Waals surface area contributed by atoms with Gasteiger partial charge in [0.25, 0.3) is 5.56 Å². The van der Waals surface area contributed by atoms with Gasteiger partial charge in [-0.3, -0.25) is 9.59 Å². The number of aromatic nitrogens is 3. The van der Waals surface area contributed by atoms with Crippen molar-refractivity contribution in [3.05, 3.63) is 34.6 Å². The van der Waals surface area contributed by atoms with E-state index in [4.69, 9.17) is 5.73 Å². The number of nitrogens with one attached hydrogen (secondary N) is 1. The van der Waals surface area contributed by atoms with Crippen LogP contribution in [0.2, 0.25) is 0 Å². The van der Waals surface area contributed by atoms with E-state index in [2.05, 4.69) is 15.6 Å². The Morgan fingerprint density at radius 2 is 2.19 bits per heavy atom. The summed E-state index contributed by atoms with van der Waals surface area (Å²) in [6, 6.07) is 7.00. The number of rotatable bonds is 6. The average Bonchev–Trinajstić information content (AvgIpc) is 2.52. The smallest absolute Gasteiger partial charge is 0.277 e. The second-order valence-electron chi connectivity index (χ2n) is 5.03. The Hall–Kier alpha value is -2.28. The molecule has 0 aliphatic carbocycles. The molecule has 1 aromatic heterocycles. The zero-order chi connectivity index (χ0) is 15.2. The standard InChI is InChI=1S/C14H19N5O2/c1-10(8-15)9-16-13(20)6-7-19-14(21)11-4-2-3-5-12(11)17-18-19/h2-5,10H,6-9,15H2,1H3,(H,16,20). The van der Waals surface area contributed by atoms with Gasteiger partial charge in [-0.15, -0.1) is 5.10 Å². The van der Waals surface area contributed by atoms with Gasteiger partial charge >= 0.3 is 0 Å². The number of nitrogens with zero attached hydrogens (tertiary/aromatic N) is 3. The van der Waals surface area contributed by atoms with Crippen molar-refractivity contribution in [2.45, 2.75) is 19.9 Å². The summed E-state index contributed by atoms with van der Waals surface area (Å²) >= 11 is 0. The Labute approximate surface area is 122 Å². The maximum Gasteiger partial charge on any atom is 0.277 e. The van der Waals surface area contributed by atoms with Crippen LogP contribution >= 0.6 is 0 Å². The molecule has 1 heterocycles. The minimum absolute atomic E-state index is 0.128. The molecule has 0 fully saturated rings. The van der Waals surface area contributed by atoms with Gasteiger partial charge in [0.05, 0.1) is 11.9 Å². The van der Waals surface area contributed by atoms with Crippen LogP contribution in [-0.4, -0.2) is 34.0 Å². The van der Waals surface area contributed by atoms with Gasteiger partial charge in [-0.05, 0) is 24.6 Å². The van der Waals surface area contributed by atoms with Gasteiger partial charge in [-0.2, -0.15) is 0 Å². The van der Waals surface area contributed by atoms with Crippen molar-refractivity contribution >= 4 is 16.8 Å². The lowest BCUT2D eigenvalue weighted by Crippen LogP contribution is -2.33. The minimum Gasteiger partial charge on any atom is -0.356 e. The summed E-state index contributed by atoms with van der Waals surface area (Å²) in [5.41, 5.74) is 5.80. The fraction of sp³-hybridized carbons (Fsp3) is 0.429. The molecule has 0 saturated heterocycles. The highest BCUT2D eigenvalue weighted by atomic mass is 16.2. The molecule has 112 valence electrons. The Morgan fingerprint density at radius 1 is 1.43 bits per heavy atom. The van der Waals surface area contributed by atoms with Crippen LogP contribution in [0, 0.1) is 5.92 Å². The van der Waals surface area contributed by atoms with E-state index in [0.29, 0.717) is 24.0 Å². The van der Waals surface area contributed by atoms with Gasteiger partial charge in [-0.25, -0.2) is 4.68 Å². The first kappa shape index (κ1) is 15.1. The number of fused-ring (bicyclic) bond motifs is 1. The molecule has 1 unspecified atom stereocenters. The van der Waals surface area contributed by atoms with Gasteiger partial charge in [-0.1, -0.05) is 24.3 Å². The molecule has 2 rings (SSSR count). The lowest BCUT2D eigenvalue weighted by molar-refractivity contribution is -0.121. The highest BCUT2D eigenvalue weighted by Gasteiger charge is 2.08. The summed E-state index contributed by atoms with van der Waals surface area (Å²) in [4.78, 5) is 23.9. The summed E-state index contributed by atoms with van der Waals surface area (Å²) < 4.78 is 1.22. The fourth-order valence-corrected chi connectivity index (χ4v) is 1.84. The van der Waals surface area contributed by atoms with Crippen LogP contribution in [0.5, 0.6) is 0 Å². The van der Waals surface area contributed by atoms with Crippen molar-refractivity contribution in [2.24, 2.45) is 11.7 Å². The number of nitrogens with two attached hydrogens (primary N) is 1. The Morgan fingerprint density at radius 3 is 2.95 bits per heavy atom. The van der Waals surface area contributed by atoms with E-state index in [0.717, 1.165) is 0 Å². The molecule has 1 atom stereocenters. The van der Waals surface area contributed by atoms with Crippen LogP contribution in [0.3, 0.4) is 0 Å². The molecule has 0 radical (unpaired) electrons. The first-order valence-corrected chi connectivity index (χ1v) is 6.91. The molecule has 3 N–H and O–H groups in total. The van der Waals surface area contributed by atoms with E-state index in [1.165, 1.54) is 4.68 Å². The van der Waals surface area contributed by atoms with Crippen molar-refractivity contribution < 1.29 is 4.79 Å². The molecular weight excluding hydrogens is 270 g/mol. The lowest BCUT2D eigenvalue weighted by Gasteiger charge is -2.10. The third kappa shape index (κ3) is 3.85. The van der Waals surface area contributed by atoms with Crippen LogP contribution in [0.15, 0.2) is 29.1 Å². The van der Waals surface area contributed by atoms with E-state index in [-0.39, 0.29) is 30.3 Å². The SMILES string of the molecule is CC(CN)CNC(=O)CCn1nnc2ccccc2c1=O. The van der Waals surface area contributed by atoms with Gasteiger partial charge in [0, 0.05) is 13.0 Å². The minimum atomic E-state index is -0.233. The van der Waals surface area contributed by atoms with E-state index < -0.39 is 0 Å². The number of carbonyl (C=O) groups is 1. The number of hydrogen-bond donors (Lipinski definition) is 2. The van der Waals surface area contributed by atoms with E-state index >= 15 is 0 Å². The van der Waals surface area contributed by atoms with Crippen LogP contribution in [0.25, 0.3) is 10.9 Å². The third-order valence-electron chi connectivity index (χ3n) is 3.23. The molecule has 21 heavy (non-hydrogen) atoms. The molecule has 0 saturated carbocycles. The highest BCUT2D eigenvalue weighted by Crippen LogP contribution is 2.03. The number of aryl methyl sites for hydroxylation is 1. The topological polar surface area (TPSA) is 103 Å². The van der Waals surface area contributed by atoms with Crippen molar-refractivity contribution in [1.29, 1.82) is 0 Å². The van der Waals surface area contributed by atoms with Gasteiger partial charge in [0.15, 0.2) is 0 Å². The zero-order valence-corrected chi connectivity index (χ0v) is 12.0. The molecule has 0 bridgehead atoms. The first-order valence-electron chi connectivity index (χ1n) is 6.91. The van der Waals surface area contributed by atoms with Crippen molar-refractivity contribution in [2.75, 3.05) is 13.1 Å². The van der Waals surface area contributed by atoms with Gasteiger partial charge < -0.3 is 11.1 Å². The van der Waals surface area contributed by atoms with E-state index in [9.17, 15) is 9.59 Å². The molecule has 0 aliphatic heterocycles. The van der Waals surface area contributed by atoms with Crippen molar-refractivity contribution in [3.8, 4) is 0 Å². The summed E-state index contributed by atoms with van der Waals surface area (Å²) in [6.45, 7) is 3.22. The fourth-order valence-electron chi connectivity index (χ4n) is 1.84. The summed E-state index contributed by atoms with van der Waals surface area (Å²) in [7, 11) is 0. The Kier molecular flexibility index (Phi) is 4.99. The van der Waals surface area contributed by atoms with Crippen molar-refractivity contribution in [1.82, 2.24) is 20.3 Å². The largest absolute Gasteiger partial charge is 0.356 e. The highest BCUT2D eigenvalue weighted by molar-refractivity contribution is 5.77. The number of hydrogen-bond acceptors (Lipinski definition) is 5. The second-order valence-corrected chi connectivity index (χ2v) is 5.03. The normalized spacial score (nSPS) is 12.3. The van der Waals surface area contributed by atoms with Crippen LogP contribution in [0.4, 0.5) is 0 Å². The molecule has 7 heteroatoms. The molecule has 1 aromatic carbocycles. The number of amides is 1. The monoisotopic (exact) mass is 289 g/mol. The first-order chi connectivity index (χ1) is 10.1. The molecule has 0 spiro atoms. The molecule has 1 amide bonds. The van der Waals surface area contributed by atoms with Crippen LogP contribution in [0.1, 0.15) is 13.3 Å². The maximum absolute atomic E-state index is 12.2. The summed E-state index contributed by atoms with van der Waals surface area (Å²) in [6.07, 6.45) is 0.185. The Balaban J connectivity index is 1.99. The molecular formula is C14H19N5O2.